The molecule has 8 N–H and O–H groups in total. The number of phenolic OH excluding ortho intramolecular Hbond substituents is 8. The molecule has 0 amide bonds. The van der Waals surface area contributed by atoms with Gasteiger partial charge in [-0.05, 0) is 46.7 Å². The Morgan fingerprint density at radius 3 is 1.52 bits per heavy atom. The van der Waals surface area contributed by atoms with E-state index in [2.05, 4.69) is 0 Å². The molecule has 0 spiro atoms. The van der Waals surface area contributed by atoms with E-state index < -0.39 is 46.0 Å². The largest absolute Gasteiger partial charge is 0.504 e. The van der Waals surface area contributed by atoms with Gasteiger partial charge in [-0.3, -0.25) is 0 Å². The topological polar surface area (TPSA) is 188 Å². The molecule has 10 rings (SSSR count). The summed E-state index contributed by atoms with van der Waals surface area (Å²) in [7, 11) is 0. The van der Waals surface area contributed by atoms with E-state index in [-0.39, 0.29) is 49.4 Å². The molecule has 0 unspecified atom stereocenters. The summed E-state index contributed by atoms with van der Waals surface area (Å²) < 4.78 is 12.6. The summed E-state index contributed by atoms with van der Waals surface area (Å²) in [5, 5.41) is 94.3. The predicted molar refractivity (Wildman–Crippen MR) is 198 cm³/mol. The van der Waals surface area contributed by atoms with Crippen molar-refractivity contribution in [1.29, 1.82) is 0 Å². The van der Waals surface area contributed by atoms with E-state index >= 15 is 0 Å². The molecule has 8 aromatic carbocycles. The Hall–Kier alpha value is -7.46. The van der Waals surface area contributed by atoms with Crippen LogP contribution in [-0.2, 0) is 0 Å². The molecule has 0 fully saturated rings. The fourth-order valence-corrected chi connectivity index (χ4v) is 7.74. The molecular weight excluding hydrogens is 664 g/mol. The maximum Gasteiger partial charge on any atom is 0.204 e. The number of rotatable bonds is 2. The molecule has 0 saturated carbocycles. The lowest BCUT2D eigenvalue weighted by atomic mass is 9.83. The van der Waals surface area contributed by atoms with Gasteiger partial charge >= 0.3 is 0 Å². The summed E-state index contributed by atoms with van der Waals surface area (Å²) in [5.74, 6) is -7.72. The first-order valence-electron chi connectivity index (χ1n) is 16.1. The summed E-state index contributed by atoms with van der Waals surface area (Å²) in [5.41, 5.74) is 2.08. The van der Waals surface area contributed by atoms with Gasteiger partial charge in [0.05, 0.1) is 0 Å². The van der Waals surface area contributed by atoms with Crippen LogP contribution >= 0.6 is 0 Å². The van der Waals surface area contributed by atoms with Crippen LogP contribution in [0.3, 0.4) is 0 Å². The van der Waals surface area contributed by atoms with Gasteiger partial charge in [0.25, 0.3) is 0 Å². The van der Waals surface area contributed by atoms with Crippen LogP contribution in [-0.4, -0.2) is 40.9 Å². The Morgan fingerprint density at radius 1 is 0.346 bits per heavy atom. The Kier molecular flexibility index (Phi) is 5.69. The summed E-state index contributed by atoms with van der Waals surface area (Å²) in [6.07, 6.45) is 0. The van der Waals surface area contributed by atoms with E-state index in [0.717, 1.165) is 26.9 Å². The van der Waals surface area contributed by atoms with Crippen molar-refractivity contribution in [1.82, 2.24) is 0 Å². The van der Waals surface area contributed by atoms with Crippen molar-refractivity contribution >= 4 is 76.2 Å². The molecule has 0 radical (unpaired) electrons. The Morgan fingerprint density at radius 2 is 0.865 bits per heavy atom. The second kappa shape index (κ2) is 10.1. The average Bonchev–Trinajstić information content (AvgIpc) is 3.73. The third kappa shape index (κ3) is 3.66. The van der Waals surface area contributed by atoms with Crippen molar-refractivity contribution in [3.05, 3.63) is 97.1 Å². The number of furan rings is 2. The maximum atomic E-state index is 11.7. The Balaban J connectivity index is 1.42. The normalized spacial score (nSPS) is 12.1. The Labute approximate surface area is 290 Å². The highest BCUT2D eigenvalue weighted by molar-refractivity contribution is 6.31. The monoisotopic (exact) mass is 688 g/mol. The minimum absolute atomic E-state index is 0.0794. The van der Waals surface area contributed by atoms with Crippen molar-refractivity contribution in [3.63, 3.8) is 0 Å². The minimum Gasteiger partial charge on any atom is -0.504 e. The van der Waals surface area contributed by atoms with Crippen molar-refractivity contribution in [3.8, 4) is 68.2 Å². The van der Waals surface area contributed by atoms with E-state index in [1.807, 2.05) is 48.5 Å². The van der Waals surface area contributed by atoms with Crippen LogP contribution in [0.25, 0.3) is 98.4 Å². The second-order valence-corrected chi connectivity index (χ2v) is 12.8. The molecule has 0 saturated heterocycles. The molecule has 0 aliphatic heterocycles. The van der Waals surface area contributed by atoms with E-state index in [1.54, 1.807) is 48.5 Å². The number of hydrogen-bond donors (Lipinski definition) is 8. The number of aromatic hydroxyl groups is 8. The van der Waals surface area contributed by atoms with Gasteiger partial charge in [-0.15, -0.1) is 0 Å². The zero-order valence-corrected chi connectivity index (χ0v) is 26.6. The first-order valence-corrected chi connectivity index (χ1v) is 16.1. The van der Waals surface area contributed by atoms with Gasteiger partial charge < -0.3 is 49.7 Å². The summed E-state index contributed by atoms with van der Waals surface area (Å²) in [6.45, 7) is 0. The van der Waals surface area contributed by atoms with E-state index in [0.29, 0.717) is 22.1 Å². The zero-order chi connectivity index (χ0) is 35.7. The van der Waals surface area contributed by atoms with Crippen molar-refractivity contribution < 1.29 is 49.7 Å². The quantitative estimate of drug-likeness (QED) is 0.0493. The van der Waals surface area contributed by atoms with Crippen molar-refractivity contribution in [2.45, 2.75) is 0 Å². The highest BCUT2D eigenvalue weighted by Gasteiger charge is 2.33. The van der Waals surface area contributed by atoms with Gasteiger partial charge in [-0.25, -0.2) is 0 Å². The number of fused-ring (bicyclic) bond motifs is 9. The van der Waals surface area contributed by atoms with Crippen LogP contribution in [0.15, 0.2) is 106 Å². The average molecular weight is 689 g/mol. The molecule has 52 heavy (non-hydrogen) atoms. The number of para-hydroxylation sites is 2. The molecule has 0 aliphatic carbocycles. The molecule has 0 aliphatic rings. The van der Waals surface area contributed by atoms with Gasteiger partial charge in [-0.1, -0.05) is 66.7 Å². The summed E-state index contributed by atoms with van der Waals surface area (Å²) >= 11 is 0. The molecule has 10 heteroatoms. The smallest absolute Gasteiger partial charge is 0.204 e. The van der Waals surface area contributed by atoms with E-state index in [9.17, 15) is 40.9 Å². The van der Waals surface area contributed by atoms with E-state index in [4.69, 9.17) is 8.83 Å². The van der Waals surface area contributed by atoms with Gasteiger partial charge in [0.1, 0.15) is 22.3 Å². The molecule has 10 aromatic rings. The molecule has 0 bridgehead atoms. The van der Waals surface area contributed by atoms with Crippen LogP contribution in [0.5, 0.6) is 46.0 Å². The Bertz CT molecular complexity index is 3140. The lowest BCUT2D eigenvalue weighted by molar-refractivity contribution is 0.350. The summed E-state index contributed by atoms with van der Waals surface area (Å²) in [4.78, 5) is 0. The first-order chi connectivity index (χ1) is 25.1. The highest BCUT2D eigenvalue weighted by atomic mass is 16.4. The predicted octanol–water partition coefficient (Wildman–Crippen LogP) is 9.92. The standard InChI is InChI=1S/C42H24O10/c43-34-30-28(19-12-13-21-24-14-17-6-1-2-7-18(17)15-27(24)51-26(21)16-19)31-33(37(46)41(50)39(48)35(31)44)29(32(30)36(45)40(49)38(34)47)23-10-5-9-22-20-8-3-4-11-25(20)52-42(22)23/h1-16,43-50H. The van der Waals surface area contributed by atoms with Crippen molar-refractivity contribution in [2.24, 2.45) is 0 Å². The fourth-order valence-electron chi connectivity index (χ4n) is 7.74. The zero-order valence-electron chi connectivity index (χ0n) is 26.6. The van der Waals surface area contributed by atoms with Crippen LogP contribution in [0.2, 0.25) is 0 Å². The van der Waals surface area contributed by atoms with Gasteiger partial charge in [0, 0.05) is 59.8 Å². The van der Waals surface area contributed by atoms with Crippen LogP contribution in [0.4, 0.5) is 0 Å². The lowest BCUT2D eigenvalue weighted by Crippen LogP contribution is -1.95. The highest BCUT2D eigenvalue weighted by Crippen LogP contribution is 2.62. The molecule has 252 valence electrons. The van der Waals surface area contributed by atoms with Crippen molar-refractivity contribution in [2.75, 3.05) is 0 Å². The number of benzene rings is 8. The molecule has 2 heterocycles. The van der Waals surface area contributed by atoms with Gasteiger partial charge in [-0.2, -0.15) is 0 Å². The lowest BCUT2D eigenvalue weighted by Gasteiger charge is -2.22. The van der Waals surface area contributed by atoms with Gasteiger partial charge in [0.15, 0.2) is 23.0 Å². The molecule has 2 aromatic heterocycles. The van der Waals surface area contributed by atoms with Gasteiger partial charge in [0.2, 0.25) is 23.0 Å². The fraction of sp³-hybridized carbons (Fsp3) is 0. The number of hydrogen-bond acceptors (Lipinski definition) is 10. The number of phenols is 8. The van der Waals surface area contributed by atoms with Crippen LogP contribution in [0, 0.1) is 0 Å². The van der Waals surface area contributed by atoms with E-state index in [1.165, 1.54) is 0 Å². The van der Waals surface area contributed by atoms with Crippen LogP contribution < -0.4 is 0 Å². The third-order valence-corrected chi connectivity index (χ3v) is 10.1. The second-order valence-electron chi connectivity index (χ2n) is 12.8. The maximum absolute atomic E-state index is 11.7. The molecule has 0 atom stereocenters. The summed E-state index contributed by atoms with van der Waals surface area (Å²) in [6, 6.07) is 29.1. The van der Waals surface area contributed by atoms with Crippen LogP contribution in [0.1, 0.15) is 0 Å². The third-order valence-electron chi connectivity index (χ3n) is 10.1. The molecular formula is C42H24O10. The SMILES string of the molecule is Oc1c(O)c(O)c2c(-c3cccc4c3oc3ccccc34)c3c(O)c(O)c(O)c(O)c3c(-c3ccc4c(c3)oc3cc5ccccc5cc34)c2c1O. The molecule has 10 nitrogen and oxygen atoms in total. The minimum atomic E-state index is -1.06. The first kappa shape index (κ1) is 29.5.